The molecular formula is C12H22O4. The Morgan fingerprint density at radius 3 is 2.44 bits per heavy atom. The first-order valence-corrected chi connectivity index (χ1v) is 6.16. The van der Waals surface area contributed by atoms with Crippen molar-refractivity contribution in [2.24, 2.45) is 0 Å². The third-order valence-electron chi connectivity index (χ3n) is 3.33. The van der Waals surface area contributed by atoms with E-state index >= 15 is 0 Å². The Kier molecular flexibility index (Phi) is 4.19. The molecule has 0 bridgehead atoms. The highest BCUT2D eigenvalue weighted by atomic mass is 16.7. The van der Waals surface area contributed by atoms with Crippen LogP contribution in [0.25, 0.3) is 0 Å². The van der Waals surface area contributed by atoms with E-state index in [0.717, 1.165) is 38.9 Å². The van der Waals surface area contributed by atoms with Crippen molar-refractivity contribution in [3.05, 3.63) is 0 Å². The van der Waals surface area contributed by atoms with Gasteiger partial charge in [0.15, 0.2) is 5.79 Å². The van der Waals surface area contributed by atoms with Gasteiger partial charge in [-0.2, -0.15) is 0 Å². The molecule has 0 aromatic heterocycles. The monoisotopic (exact) mass is 230 g/mol. The summed E-state index contributed by atoms with van der Waals surface area (Å²) in [5.41, 5.74) is 0. The fraction of sp³-hybridized carbons (Fsp3) is 1.00. The van der Waals surface area contributed by atoms with Gasteiger partial charge in [0.2, 0.25) is 0 Å². The number of methoxy groups -OCH3 is 1. The summed E-state index contributed by atoms with van der Waals surface area (Å²) in [6, 6.07) is 0. The maximum Gasteiger partial charge on any atom is 0.168 e. The van der Waals surface area contributed by atoms with Crippen LogP contribution in [0.2, 0.25) is 0 Å². The molecule has 1 heterocycles. The van der Waals surface area contributed by atoms with Crippen molar-refractivity contribution in [3.8, 4) is 0 Å². The smallest absolute Gasteiger partial charge is 0.168 e. The van der Waals surface area contributed by atoms with E-state index < -0.39 is 0 Å². The standard InChI is InChI=1S/C12H22O4/c1-10(9-13-2)16-11-3-5-12(6-4-11)14-7-8-15-12/h10-11H,3-9H2,1-2H3. The van der Waals surface area contributed by atoms with Gasteiger partial charge in [0.25, 0.3) is 0 Å². The minimum atomic E-state index is -0.273. The molecule has 1 aliphatic carbocycles. The molecule has 16 heavy (non-hydrogen) atoms. The molecular weight excluding hydrogens is 208 g/mol. The van der Waals surface area contributed by atoms with Crippen LogP contribution in [0.3, 0.4) is 0 Å². The maximum atomic E-state index is 5.90. The first-order valence-electron chi connectivity index (χ1n) is 6.16. The van der Waals surface area contributed by atoms with Crippen molar-refractivity contribution < 1.29 is 18.9 Å². The van der Waals surface area contributed by atoms with Crippen LogP contribution in [-0.2, 0) is 18.9 Å². The highest BCUT2D eigenvalue weighted by Crippen LogP contribution is 2.36. The van der Waals surface area contributed by atoms with Gasteiger partial charge in [-0.15, -0.1) is 0 Å². The molecule has 1 aliphatic heterocycles. The lowest BCUT2D eigenvalue weighted by atomic mass is 9.91. The first kappa shape index (κ1) is 12.3. The van der Waals surface area contributed by atoms with E-state index in [9.17, 15) is 0 Å². The van der Waals surface area contributed by atoms with E-state index in [1.165, 1.54) is 0 Å². The average molecular weight is 230 g/mol. The van der Waals surface area contributed by atoms with E-state index in [4.69, 9.17) is 18.9 Å². The van der Waals surface area contributed by atoms with Gasteiger partial charge < -0.3 is 18.9 Å². The number of hydrogen-bond acceptors (Lipinski definition) is 4. The third kappa shape index (κ3) is 2.94. The van der Waals surface area contributed by atoms with Crippen molar-refractivity contribution in [1.29, 1.82) is 0 Å². The minimum Gasteiger partial charge on any atom is -0.382 e. The summed E-state index contributed by atoms with van der Waals surface area (Å²) in [5.74, 6) is -0.273. The molecule has 4 nitrogen and oxygen atoms in total. The van der Waals surface area contributed by atoms with E-state index in [1.54, 1.807) is 7.11 Å². The largest absolute Gasteiger partial charge is 0.382 e. The van der Waals surface area contributed by atoms with Gasteiger partial charge >= 0.3 is 0 Å². The molecule has 1 atom stereocenters. The molecule has 2 rings (SSSR count). The highest BCUT2D eigenvalue weighted by Gasteiger charge is 2.40. The lowest BCUT2D eigenvalue weighted by Crippen LogP contribution is -2.38. The third-order valence-corrected chi connectivity index (χ3v) is 3.33. The van der Waals surface area contributed by atoms with E-state index in [2.05, 4.69) is 6.92 Å². The quantitative estimate of drug-likeness (QED) is 0.737. The van der Waals surface area contributed by atoms with Crippen molar-refractivity contribution in [3.63, 3.8) is 0 Å². The van der Waals surface area contributed by atoms with Crippen molar-refractivity contribution in [2.75, 3.05) is 26.9 Å². The normalized spacial score (nSPS) is 27.4. The van der Waals surface area contributed by atoms with Gasteiger partial charge in [-0.1, -0.05) is 0 Å². The van der Waals surface area contributed by atoms with Crippen LogP contribution >= 0.6 is 0 Å². The van der Waals surface area contributed by atoms with Crippen LogP contribution in [0.4, 0.5) is 0 Å². The Morgan fingerprint density at radius 1 is 1.25 bits per heavy atom. The summed E-state index contributed by atoms with van der Waals surface area (Å²) in [6.07, 6.45) is 4.47. The summed E-state index contributed by atoms with van der Waals surface area (Å²) >= 11 is 0. The van der Waals surface area contributed by atoms with Crippen LogP contribution in [0.15, 0.2) is 0 Å². The number of hydrogen-bond donors (Lipinski definition) is 0. The van der Waals surface area contributed by atoms with Crippen molar-refractivity contribution in [1.82, 2.24) is 0 Å². The van der Waals surface area contributed by atoms with Gasteiger partial charge in [0.1, 0.15) is 0 Å². The Bertz CT molecular complexity index is 203. The SMILES string of the molecule is COCC(C)OC1CCC2(CC1)OCCO2. The zero-order valence-corrected chi connectivity index (χ0v) is 10.2. The Balaban J connectivity index is 1.72. The molecule has 1 spiro atoms. The van der Waals surface area contributed by atoms with Crippen LogP contribution in [0, 0.1) is 0 Å². The second-order valence-electron chi connectivity index (χ2n) is 4.71. The lowest BCUT2D eigenvalue weighted by Gasteiger charge is -2.36. The minimum absolute atomic E-state index is 0.175. The molecule has 94 valence electrons. The van der Waals surface area contributed by atoms with E-state index in [1.807, 2.05) is 0 Å². The van der Waals surface area contributed by atoms with Crippen LogP contribution < -0.4 is 0 Å². The molecule has 1 unspecified atom stereocenters. The molecule has 1 saturated heterocycles. The summed E-state index contributed by atoms with van der Waals surface area (Å²) in [7, 11) is 1.70. The fourth-order valence-corrected chi connectivity index (χ4v) is 2.56. The maximum absolute atomic E-state index is 5.90. The van der Waals surface area contributed by atoms with Crippen LogP contribution in [-0.4, -0.2) is 44.9 Å². The molecule has 0 aromatic carbocycles. The second kappa shape index (κ2) is 5.45. The molecule has 0 aromatic rings. The Morgan fingerprint density at radius 2 is 1.88 bits per heavy atom. The predicted octanol–water partition coefficient (Wildman–Crippen LogP) is 1.72. The summed E-state index contributed by atoms with van der Waals surface area (Å²) in [4.78, 5) is 0. The van der Waals surface area contributed by atoms with E-state index in [-0.39, 0.29) is 11.9 Å². The number of rotatable bonds is 4. The predicted molar refractivity (Wildman–Crippen MR) is 59.3 cm³/mol. The first-order chi connectivity index (χ1) is 7.74. The van der Waals surface area contributed by atoms with Crippen molar-refractivity contribution >= 4 is 0 Å². The van der Waals surface area contributed by atoms with Gasteiger partial charge in [0, 0.05) is 20.0 Å². The van der Waals surface area contributed by atoms with Crippen LogP contribution in [0.5, 0.6) is 0 Å². The molecule has 1 saturated carbocycles. The second-order valence-corrected chi connectivity index (χ2v) is 4.71. The lowest BCUT2D eigenvalue weighted by molar-refractivity contribution is -0.196. The van der Waals surface area contributed by atoms with Gasteiger partial charge in [0.05, 0.1) is 32.0 Å². The Labute approximate surface area is 97.2 Å². The molecule has 2 aliphatic rings. The molecule has 0 N–H and O–H groups in total. The zero-order chi connectivity index (χ0) is 11.4. The topological polar surface area (TPSA) is 36.9 Å². The zero-order valence-electron chi connectivity index (χ0n) is 10.2. The summed E-state index contributed by atoms with van der Waals surface area (Å²) in [5, 5.41) is 0. The van der Waals surface area contributed by atoms with Crippen molar-refractivity contribution in [2.45, 2.75) is 50.6 Å². The molecule has 2 fully saturated rings. The summed E-state index contributed by atoms with van der Waals surface area (Å²) < 4.78 is 22.3. The molecule has 0 radical (unpaired) electrons. The summed E-state index contributed by atoms with van der Waals surface area (Å²) in [6.45, 7) is 4.20. The Hall–Kier alpha value is -0.160. The average Bonchev–Trinajstić information content (AvgIpc) is 2.71. The van der Waals surface area contributed by atoms with E-state index in [0.29, 0.717) is 12.7 Å². The fourth-order valence-electron chi connectivity index (χ4n) is 2.56. The van der Waals surface area contributed by atoms with Gasteiger partial charge in [-0.25, -0.2) is 0 Å². The number of ether oxygens (including phenoxy) is 4. The van der Waals surface area contributed by atoms with Crippen LogP contribution in [0.1, 0.15) is 32.6 Å². The van der Waals surface area contributed by atoms with Gasteiger partial charge in [-0.05, 0) is 19.8 Å². The van der Waals surface area contributed by atoms with Gasteiger partial charge in [-0.3, -0.25) is 0 Å². The highest BCUT2D eigenvalue weighted by molar-refractivity contribution is 4.83. The molecule has 0 amide bonds. The molecule has 4 heteroatoms.